The Morgan fingerprint density at radius 3 is 2.82 bits per heavy atom. The van der Waals surface area contributed by atoms with E-state index in [9.17, 15) is 8.78 Å². The van der Waals surface area contributed by atoms with Crippen LogP contribution >= 0.6 is 0 Å². The SMILES string of the molecule is CNCCC1NCCC1(F)F. The molecule has 1 heterocycles. The molecule has 11 heavy (non-hydrogen) atoms. The maximum absolute atomic E-state index is 12.8. The van der Waals surface area contributed by atoms with Crippen molar-refractivity contribution in [3.63, 3.8) is 0 Å². The van der Waals surface area contributed by atoms with E-state index in [1.807, 2.05) is 0 Å². The van der Waals surface area contributed by atoms with Gasteiger partial charge in [0.05, 0.1) is 6.04 Å². The van der Waals surface area contributed by atoms with Crippen LogP contribution in [-0.4, -0.2) is 32.1 Å². The molecule has 0 aromatic heterocycles. The number of halogens is 2. The van der Waals surface area contributed by atoms with E-state index in [1.165, 1.54) is 0 Å². The number of nitrogens with one attached hydrogen (secondary N) is 2. The minimum atomic E-state index is -2.49. The zero-order chi connectivity index (χ0) is 8.32. The van der Waals surface area contributed by atoms with Crippen LogP contribution in [0.25, 0.3) is 0 Å². The molecule has 0 amide bonds. The molecule has 0 bridgehead atoms. The number of hydrogen-bond acceptors (Lipinski definition) is 2. The van der Waals surface area contributed by atoms with E-state index >= 15 is 0 Å². The lowest BCUT2D eigenvalue weighted by atomic mass is 10.1. The molecule has 0 radical (unpaired) electrons. The van der Waals surface area contributed by atoms with E-state index in [1.54, 1.807) is 7.05 Å². The molecule has 2 N–H and O–H groups in total. The maximum Gasteiger partial charge on any atom is 0.264 e. The topological polar surface area (TPSA) is 24.1 Å². The molecule has 2 nitrogen and oxygen atoms in total. The van der Waals surface area contributed by atoms with Gasteiger partial charge in [0, 0.05) is 13.0 Å². The Labute approximate surface area is 65.4 Å². The zero-order valence-electron chi connectivity index (χ0n) is 6.66. The first-order valence-corrected chi connectivity index (χ1v) is 3.92. The average molecular weight is 164 g/mol. The van der Waals surface area contributed by atoms with Gasteiger partial charge in [-0.15, -0.1) is 0 Å². The minimum absolute atomic E-state index is 0.0125. The van der Waals surface area contributed by atoms with Gasteiger partial charge in [0.25, 0.3) is 5.92 Å². The quantitative estimate of drug-likeness (QED) is 0.638. The van der Waals surface area contributed by atoms with Gasteiger partial charge < -0.3 is 10.6 Å². The lowest BCUT2D eigenvalue weighted by Gasteiger charge is -2.18. The van der Waals surface area contributed by atoms with E-state index in [4.69, 9.17) is 0 Å². The summed E-state index contributed by atoms with van der Waals surface area (Å²) in [6.45, 7) is 1.09. The first kappa shape index (κ1) is 8.87. The van der Waals surface area contributed by atoms with Crippen LogP contribution in [-0.2, 0) is 0 Å². The lowest BCUT2D eigenvalue weighted by molar-refractivity contribution is -0.0128. The Bertz CT molecular complexity index is 128. The van der Waals surface area contributed by atoms with Crippen LogP contribution in [0.1, 0.15) is 12.8 Å². The molecule has 0 aromatic rings. The van der Waals surface area contributed by atoms with E-state index in [0.29, 0.717) is 19.5 Å². The minimum Gasteiger partial charge on any atom is -0.320 e. The second-order valence-electron chi connectivity index (χ2n) is 2.91. The van der Waals surface area contributed by atoms with Crippen molar-refractivity contribution in [2.45, 2.75) is 24.8 Å². The van der Waals surface area contributed by atoms with Gasteiger partial charge in [-0.05, 0) is 20.0 Å². The Balaban J connectivity index is 2.32. The lowest BCUT2D eigenvalue weighted by Crippen LogP contribution is -2.37. The Morgan fingerprint density at radius 2 is 2.36 bits per heavy atom. The van der Waals surface area contributed by atoms with Crippen LogP contribution in [0.4, 0.5) is 8.78 Å². The third-order valence-corrected chi connectivity index (χ3v) is 2.04. The van der Waals surface area contributed by atoms with Crippen molar-refractivity contribution in [3.05, 3.63) is 0 Å². The van der Waals surface area contributed by atoms with Gasteiger partial charge >= 0.3 is 0 Å². The molecular formula is C7H14F2N2. The van der Waals surface area contributed by atoms with Gasteiger partial charge in [-0.3, -0.25) is 0 Å². The van der Waals surface area contributed by atoms with Crippen LogP contribution < -0.4 is 10.6 Å². The molecule has 66 valence electrons. The standard InChI is InChI=1S/C7H14F2N2/c1-10-4-2-6-7(8,9)3-5-11-6/h6,10-11H,2-5H2,1H3. The summed E-state index contributed by atoms with van der Waals surface area (Å²) in [5.41, 5.74) is 0. The second-order valence-corrected chi connectivity index (χ2v) is 2.91. The van der Waals surface area contributed by atoms with Crippen LogP contribution in [0.2, 0.25) is 0 Å². The number of alkyl halides is 2. The monoisotopic (exact) mass is 164 g/mol. The van der Waals surface area contributed by atoms with Crippen molar-refractivity contribution < 1.29 is 8.78 Å². The molecule has 1 unspecified atom stereocenters. The highest BCUT2D eigenvalue weighted by molar-refractivity contribution is 4.90. The van der Waals surface area contributed by atoms with Gasteiger partial charge in [0.1, 0.15) is 0 Å². The summed E-state index contributed by atoms with van der Waals surface area (Å²) in [6.07, 6.45) is 0.491. The first-order chi connectivity index (χ1) is 5.17. The highest BCUT2D eigenvalue weighted by Gasteiger charge is 2.42. The molecule has 1 fully saturated rings. The summed E-state index contributed by atoms with van der Waals surface area (Å²) in [5, 5.41) is 5.65. The molecule has 1 atom stereocenters. The molecule has 0 aliphatic carbocycles. The van der Waals surface area contributed by atoms with Gasteiger partial charge in [0.2, 0.25) is 0 Å². The van der Waals surface area contributed by atoms with Crippen molar-refractivity contribution in [2.75, 3.05) is 20.1 Å². The van der Waals surface area contributed by atoms with Crippen molar-refractivity contribution in [1.29, 1.82) is 0 Å². The maximum atomic E-state index is 12.8. The summed E-state index contributed by atoms with van der Waals surface area (Å²) < 4.78 is 25.7. The van der Waals surface area contributed by atoms with Gasteiger partial charge in [-0.25, -0.2) is 8.78 Å². The molecule has 0 spiro atoms. The van der Waals surface area contributed by atoms with E-state index in [2.05, 4.69) is 10.6 Å². The Morgan fingerprint density at radius 1 is 1.64 bits per heavy atom. The predicted octanol–water partition coefficient (Wildman–Crippen LogP) is 0.593. The molecule has 1 saturated heterocycles. The van der Waals surface area contributed by atoms with Crippen LogP contribution in [0.3, 0.4) is 0 Å². The molecule has 1 aliphatic rings. The van der Waals surface area contributed by atoms with Gasteiger partial charge in [-0.2, -0.15) is 0 Å². The van der Waals surface area contributed by atoms with Crippen molar-refractivity contribution in [2.24, 2.45) is 0 Å². The van der Waals surface area contributed by atoms with Gasteiger partial charge in [-0.1, -0.05) is 0 Å². The molecule has 1 rings (SSSR count). The fourth-order valence-corrected chi connectivity index (χ4v) is 1.34. The smallest absolute Gasteiger partial charge is 0.264 e. The summed E-state index contributed by atoms with van der Waals surface area (Å²) in [5.74, 6) is -2.49. The summed E-state index contributed by atoms with van der Waals surface area (Å²) in [7, 11) is 1.77. The van der Waals surface area contributed by atoms with Crippen molar-refractivity contribution in [1.82, 2.24) is 10.6 Å². The van der Waals surface area contributed by atoms with Crippen molar-refractivity contribution >= 4 is 0 Å². The third-order valence-electron chi connectivity index (χ3n) is 2.04. The largest absolute Gasteiger partial charge is 0.320 e. The highest BCUT2D eigenvalue weighted by atomic mass is 19.3. The fraction of sp³-hybridized carbons (Fsp3) is 1.00. The third kappa shape index (κ3) is 2.10. The van der Waals surface area contributed by atoms with Crippen LogP contribution in [0.5, 0.6) is 0 Å². The Hall–Kier alpha value is -0.220. The number of hydrogen-bond donors (Lipinski definition) is 2. The molecule has 1 aliphatic heterocycles. The summed E-state index contributed by atoms with van der Waals surface area (Å²) in [4.78, 5) is 0. The van der Waals surface area contributed by atoms with Crippen LogP contribution in [0.15, 0.2) is 0 Å². The fourth-order valence-electron chi connectivity index (χ4n) is 1.34. The van der Waals surface area contributed by atoms with E-state index < -0.39 is 12.0 Å². The zero-order valence-corrected chi connectivity index (χ0v) is 6.66. The number of rotatable bonds is 3. The molecule has 4 heteroatoms. The Kier molecular flexibility index (Phi) is 2.78. The normalized spacial score (nSPS) is 29.2. The summed E-state index contributed by atoms with van der Waals surface area (Å²) in [6, 6.07) is -0.616. The molecule has 0 saturated carbocycles. The second kappa shape index (κ2) is 3.45. The van der Waals surface area contributed by atoms with E-state index in [0.717, 1.165) is 0 Å². The molecule has 0 aromatic carbocycles. The molecular weight excluding hydrogens is 150 g/mol. The van der Waals surface area contributed by atoms with Gasteiger partial charge in [0.15, 0.2) is 0 Å². The summed E-state index contributed by atoms with van der Waals surface area (Å²) >= 11 is 0. The predicted molar refractivity (Wildman–Crippen MR) is 39.9 cm³/mol. The van der Waals surface area contributed by atoms with E-state index in [-0.39, 0.29) is 6.42 Å². The van der Waals surface area contributed by atoms with Crippen molar-refractivity contribution in [3.8, 4) is 0 Å². The first-order valence-electron chi connectivity index (χ1n) is 3.92. The average Bonchev–Trinajstić information content (AvgIpc) is 2.25. The van der Waals surface area contributed by atoms with Crippen LogP contribution in [0, 0.1) is 0 Å². The highest BCUT2D eigenvalue weighted by Crippen LogP contribution is 2.28.